The van der Waals surface area contributed by atoms with Crippen LogP contribution >= 0.6 is 0 Å². The van der Waals surface area contributed by atoms with Crippen LogP contribution in [0.25, 0.3) is 0 Å². The second-order valence-electron chi connectivity index (χ2n) is 2.18. The maximum absolute atomic E-state index is 5.21. The van der Waals surface area contributed by atoms with E-state index in [-0.39, 0.29) is 0 Å². The molecule has 0 aliphatic rings. The molecule has 0 aliphatic carbocycles. The summed E-state index contributed by atoms with van der Waals surface area (Å²) < 4.78 is 0. The summed E-state index contributed by atoms with van der Waals surface area (Å²) in [5, 5.41) is 0. The van der Waals surface area contributed by atoms with Gasteiger partial charge in [0.1, 0.15) is 0 Å². The minimum Gasteiger partial charge on any atom is -0.405 e. The van der Waals surface area contributed by atoms with E-state index in [2.05, 4.69) is 20.8 Å². The molecule has 0 atom stereocenters. The molecular formula is C8H15N. The Morgan fingerprint density at radius 3 is 2.33 bits per heavy atom. The molecule has 0 aromatic carbocycles. The monoisotopic (exact) mass is 125 g/mol. The summed E-state index contributed by atoms with van der Waals surface area (Å²) in [4.78, 5) is 0. The molecule has 52 valence electrons. The van der Waals surface area contributed by atoms with Crippen molar-refractivity contribution < 1.29 is 0 Å². The van der Waals surface area contributed by atoms with Gasteiger partial charge in [-0.15, -0.1) is 0 Å². The van der Waals surface area contributed by atoms with E-state index >= 15 is 0 Å². The highest BCUT2D eigenvalue weighted by Gasteiger charge is 1.86. The number of nitrogens with two attached hydrogens (primary N) is 1. The van der Waals surface area contributed by atoms with Crippen LogP contribution in [0.4, 0.5) is 0 Å². The molecular weight excluding hydrogens is 110 g/mol. The summed E-state index contributed by atoms with van der Waals surface area (Å²) >= 11 is 0. The number of rotatable bonds is 2. The zero-order valence-corrected chi connectivity index (χ0v) is 6.44. The molecule has 1 heteroatoms. The Labute approximate surface area is 57.3 Å². The molecule has 0 aromatic rings. The zero-order chi connectivity index (χ0) is 7.28. The SMILES string of the molecule is CC/C(C)=C(C)\C=C/N. The van der Waals surface area contributed by atoms with Crippen molar-refractivity contribution in [2.45, 2.75) is 27.2 Å². The van der Waals surface area contributed by atoms with Crippen molar-refractivity contribution in [3.63, 3.8) is 0 Å². The van der Waals surface area contributed by atoms with Crippen molar-refractivity contribution in [3.8, 4) is 0 Å². The summed E-state index contributed by atoms with van der Waals surface area (Å²) in [6.07, 6.45) is 4.61. The maximum Gasteiger partial charge on any atom is -0.00597 e. The van der Waals surface area contributed by atoms with E-state index in [1.54, 1.807) is 6.20 Å². The standard InChI is InChI=1S/C8H15N/c1-4-7(2)8(3)5-6-9/h5-6H,4,9H2,1-3H3/b6-5-,8-7-. The third-order valence-electron chi connectivity index (χ3n) is 1.55. The van der Waals surface area contributed by atoms with Crippen molar-refractivity contribution in [1.29, 1.82) is 0 Å². The maximum atomic E-state index is 5.21. The molecule has 0 unspecified atom stereocenters. The van der Waals surface area contributed by atoms with Crippen LogP contribution < -0.4 is 5.73 Å². The van der Waals surface area contributed by atoms with Crippen LogP contribution in [0.2, 0.25) is 0 Å². The van der Waals surface area contributed by atoms with E-state index in [1.165, 1.54) is 11.1 Å². The summed E-state index contributed by atoms with van der Waals surface area (Å²) in [6, 6.07) is 0. The minimum atomic E-state index is 1.11. The minimum absolute atomic E-state index is 1.11. The molecule has 0 amide bonds. The van der Waals surface area contributed by atoms with Gasteiger partial charge in [0.25, 0.3) is 0 Å². The Morgan fingerprint density at radius 2 is 2.00 bits per heavy atom. The third kappa shape index (κ3) is 2.96. The van der Waals surface area contributed by atoms with Crippen LogP contribution in [0, 0.1) is 0 Å². The fourth-order valence-corrected chi connectivity index (χ4v) is 0.565. The first kappa shape index (κ1) is 8.28. The lowest BCUT2D eigenvalue weighted by Crippen LogP contribution is -1.81. The molecule has 0 aromatic heterocycles. The highest BCUT2D eigenvalue weighted by Crippen LogP contribution is 2.06. The fourth-order valence-electron chi connectivity index (χ4n) is 0.565. The third-order valence-corrected chi connectivity index (χ3v) is 1.55. The van der Waals surface area contributed by atoms with Gasteiger partial charge in [-0.1, -0.05) is 18.1 Å². The van der Waals surface area contributed by atoms with Crippen molar-refractivity contribution in [2.75, 3.05) is 0 Å². The van der Waals surface area contributed by atoms with Gasteiger partial charge >= 0.3 is 0 Å². The largest absolute Gasteiger partial charge is 0.405 e. The van der Waals surface area contributed by atoms with E-state index in [0.29, 0.717) is 0 Å². The summed E-state index contributed by atoms with van der Waals surface area (Å²) in [5.41, 5.74) is 7.88. The predicted molar refractivity (Wildman–Crippen MR) is 42.0 cm³/mol. The quantitative estimate of drug-likeness (QED) is 0.562. The molecule has 0 saturated carbocycles. The summed E-state index contributed by atoms with van der Waals surface area (Å²) in [5.74, 6) is 0. The van der Waals surface area contributed by atoms with E-state index in [4.69, 9.17) is 5.73 Å². The second-order valence-corrected chi connectivity index (χ2v) is 2.18. The van der Waals surface area contributed by atoms with E-state index in [9.17, 15) is 0 Å². The Balaban J connectivity index is 4.10. The molecule has 0 rings (SSSR count). The van der Waals surface area contributed by atoms with Gasteiger partial charge in [-0.05, 0) is 32.5 Å². The second kappa shape index (κ2) is 4.19. The molecule has 2 N–H and O–H groups in total. The van der Waals surface area contributed by atoms with Crippen molar-refractivity contribution in [2.24, 2.45) is 5.73 Å². The van der Waals surface area contributed by atoms with Gasteiger partial charge in [-0.2, -0.15) is 0 Å². The Bertz CT molecular complexity index is 132. The summed E-state index contributed by atoms with van der Waals surface area (Å²) in [6.45, 7) is 6.33. The zero-order valence-electron chi connectivity index (χ0n) is 6.44. The number of allylic oxidation sites excluding steroid dienone is 3. The molecule has 0 aliphatic heterocycles. The van der Waals surface area contributed by atoms with Crippen LogP contribution in [0.1, 0.15) is 27.2 Å². The van der Waals surface area contributed by atoms with Crippen LogP contribution in [0.5, 0.6) is 0 Å². The van der Waals surface area contributed by atoms with Gasteiger partial charge in [0.15, 0.2) is 0 Å². The predicted octanol–water partition coefficient (Wildman–Crippen LogP) is 2.21. The van der Waals surface area contributed by atoms with Gasteiger partial charge < -0.3 is 5.73 Å². The van der Waals surface area contributed by atoms with Crippen LogP contribution in [0.15, 0.2) is 23.4 Å². The highest BCUT2D eigenvalue weighted by molar-refractivity contribution is 5.21. The lowest BCUT2D eigenvalue weighted by molar-refractivity contribution is 1.07. The highest BCUT2D eigenvalue weighted by atomic mass is 14.5. The molecule has 0 bridgehead atoms. The van der Waals surface area contributed by atoms with Crippen molar-refractivity contribution in [1.82, 2.24) is 0 Å². The molecule has 0 saturated heterocycles. The van der Waals surface area contributed by atoms with Gasteiger partial charge in [-0.3, -0.25) is 0 Å². The molecule has 0 radical (unpaired) electrons. The topological polar surface area (TPSA) is 26.0 Å². The Morgan fingerprint density at radius 1 is 1.44 bits per heavy atom. The molecule has 0 spiro atoms. The van der Waals surface area contributed by atoms with E-state index in [1.807, 2.05) is 6.08 Å². The van der Waals surface area contributed by atoms with Gasteiger partial charge in [0.2, 0.25) is 0 Å². The molecule has 1 nitrogen and oxygen atoms in total. The smallest absolute Gasteiger partial charge is 0.00597 e. The first-order chi connectivity index (χ1) is 4.22. The number of hydrogen-bond acceptors (Lipinski definition) is 1. The lowest BCUT2D eigenvalue weighted by Gasteiger charge is -1.97. The van der Waals surface area contributed by atoms with Crippen molar-refractivity contribution >= 4 is 0 Å². The first-order valence-electron chi connectivity index (χ1n) is 3.27. The van der Waals surface area contributed by atoms with Crippen LogP contribution in [0.3, 0.4) is 0 Å². The Kier molecular flexibility index (Phi) is 3.85. The van der Waals surface area contributed by atoms with Gasteiger partial charge in [0.05, 0.1) is 0 Å². The van der Waals surface area contributed by atoms with E-state index in [0.717, 1.165) is 6.42 Å². The lowest BCUT2D eigenvalue weighted by atomic mass is 10.1. The van der Waals surface area contributed by atoms with Gasteiger partial charge in [-0.25, -0.2) is 0 Å². The molecule has 9 heavy (non-hydrogen) atoms. The normalized spacial score (nSPS) is 14.1. The molecule has 0 fully saturated rings. The van der Waals surface area contributed by atoms with Crippen LogP contribution in [-0.2, 0) is 0 Å². The van der Waals surface area contributed by atoms with E-state index < -0.39 is 0 Å². The van der Waals surface area contributed by atoms with Crippen molar-refractivity contribution in [3.05, 3.63) is 23.4 Å². The fraction of sp³-hybridized carbons (Fsp3) is 0.500. The van der Waals surface area contributed by atoms with Crippen LogP contribution in [-0.4, -0.2) is 0 Å². The molecule has 0 heterocycles. The number of hydrogen-bond donors (Lipinski definition) is 1. The average Bonchev–Trinajstić information content (AvgIpc) is 1.87. The average molecular weight is 125 g/mol. The first-order valence-corrected chi connectivity index (χ1v) is 3.27. The Hall–Kier alpha value is -0.720. The summed E-state index contributed by atoms with van der Waals surface area (Å²) in [7, 11) is 0. The van der Waals surface area contributed by atoms with Gasteiger partial charge in [0, 0.05) is 0 Å².